The Kier molecular flexibility index (Phi) is 7.16. The Labute approximate surface area is 196 Å². The van der Waals surface area contributed by atoms with Gasteiger partial charge in [-0.3, -0.25) is 4.79 Å². The van der Waals surface area contributed by atoms with Gasteiger partial charge in [0.2, 0.25) is 11.7 Å². The first kappa shape index (κ1) is 23.0. The number of nitrogens with zero attached hydrogens (tertiary/aromatic N) is 3. The molecule has 1 aliphatic rings. The number of aromatic amines is 1. The second-order valence-electron chi connectivity index (χ2n) is 7.86. The summed E-state index contributed by atoms with van der Waals surface area (Å²) in [6.45, 7) is 2.25. The summed E-state index contributed by atoms with van der Waals surface area (Å²) in [5.74, 6) is -0.920. The normalized spacial score (nSPS) is 14.8. The zero-order chi connectivity index (χ0) is 23.9. The summed E-state index contributed by atoms with van der Waals surface area (Å²) in [7, 11) is 0. The Balaban J connectivity index is 1.46. The topological polar surface area (TPSA) is 139 Å². The second kappa shape index (κ2) is 10.6. The number of aryl methyl sites for hydroxylation is 1. The second-order valence-corrected chi connectivity index (χ2v) is 7.86. The van der Waals surface area contributed by atoms with Gasteiger partial charge in [-0.25, -0.2) is 4.79 Å². The highest BCUT2D eigenvalue weighted by Gasteiger charge is 2.29. The summed E-state index contributed by atoms with van der Waals surface area (Å²) < 4.78 is 11.6. The minimum absolute atomic E-state index is 0.0611. The molecule has 3 aromatic rings. The van der Waals surface area contributed by atoms with Crippen molar-refractivity contribution in [2.24, 2.45) is 0 Å². The molecule has 0 bridgehead atoms. The number of rotatable bonds is 9. The van der Waals surface area contributed by atoms with Crippen molar-refractivity contribution >= 4 is 23.6 Å². The van der Waals surface area contributed by atoms with Gasteiger partial charge in [0.05, 0.1) is 11.3 Å². The van der Waals surface area contributed by atoms with Crippen LogP contribution in [0.5, 0.6) is 11.5 Å². The van der Waals surface area contributed by atoms with Crippen LogP contribution in [0.1, 0.15) is 59.6 Å². The van der Waals surface area contributed by atoms with Crippen LogP contribution in [0.15, 0.2) is 42.5 Å². The molecule has 2 aromatic carbocycles. The third-order valence-electron chi connectivity index (χ3n) is 5.33. The van der Waals surface area contributed by atoms with Crippen molar-refractivity contribution in [3.63, 3.8) is 0 Å². The van der Waals surface area contributed by atoms with E-state index in [0.717, 1.165) is 18.4 Å². The molecule has 3 N–H and O–H groups in total. The highest BCUT2D eigenvalue weighted by Crippen LogP contribution is 2.42. The Morgan fingerprint density at radius 3 is 2.76 bits per heavy atom. The van der Waals surface area contributed by atoms with Gasteiger partial charge in [-0.05, 0) is 42.2 Å². The van der Waals surface area contributed by atoms with Crippen LogP contribution in [0.4, 0.5) is 5.69 Å². The van der Waals surface area contributed by atoms with Crippen LogP contribution < -0.4 is 14.8 Å². The molecule has 10 nitrogen and oxygen atoms in total. The van der Waals surface area contributed by atoms with E-state index in [0.29, 0.717) is 0 Å². The minimum Gasteiger partial charge on any atom is -0.483 e. The van der Waals surface area contributed by atoms with E-state index in [1.807, 2.05) is 12.1 Å². The lowest BCUT2D eigenvalue weighted by molar-refractivity contribution is -0.111. The highest BCUT2D eigenvalue weighted by atomic mass is 16.6. The fourth-order valence-electron chi connectivity index (χ4n) is 3.56. The lowest BCUT2D eigenvalue weighted by Gasteiger charge is -2.26. The van der Waals surface area contributed by atoms with Crippen LogP contribution in [0.25, 0.3) is 6.08 Å². The number of carboxylic acids is 1. The minimum atomic E-state index is -1.17. The summed E-state index contributed by atoms with van der Waals surface area (Å²) in [6, 6.07) is 10.7. The van der Waals surface area contributed by atoms with Crippen molar-refractivity contribution < 1.29 is 24.2 Å². The number of carbonyl (C=O) groups is 2. The maximum Gasteiger partial charge on any atom is 0.335 e. The summed E-state index contributed by atoms with van der Waals surface area (Å²) in [5, 5.41) is 25.7. The van der Waals surface area contributed by atoms with Crippen LogP contribution in [0.3, 0.4) is 0 Å². The first-order chi connectivity index (χ1) is 16.5. The number of anilines is 1. The van der Waals surface area contributed by atoms with E-state index in [1.165, 1.54) is 36.6 Å². The molecule has 0 spiro atoms. The fourth-order valence-corrected chi connectivity index (χ4v) is 3.56. The molecular weight excluding hydrogens is 438 g/mol. The zero-order valence-electron chi connectivity index (χ0n) is 18.7. The van der Waals surface area contributed by atoms with Crippen molar-refractivity contribution in [2.45, 2.75) is 38.7 Å². The van der Waals surface area contributed by atoms with Crippen molar-refractivity contribution in [3.05, 3.63) is 65.0 Å². The maximum atomic E-state index is 12.6. The van der Waals surface area contributed by atoms with Gasteiger partial charge in [0.25, 0.3) is 0 Å². The summed E-state index contributed by atoms with van der Waals surface area (Å²) in [5.41, 5.74) is 2.29. The van der Waals surface area contributed by atoms with Crippen LogP contribution in [-0.4, -0.2) is 44.2 Å². The average molecular weight is 463 g/mol. The number of carbonyl (C=O) groups excluding carboxylic acids is 1. The molecule has 1 aliphatic heterocycles. The number of fused-ring (bicyclic) bond motifs is 1. The molecular formula is C24H25N5O5. The molecule has 0 aliphatic carbocycles. The number of ether oxygens (including phenoxy) is 2. The fraction of sp³-hybridized carbons (Fsp3) is 0.292. The monoisotopic (exact) mass is 463 g/mol. The Hall–Kier alpha value is -4.21. The van der Waals surface area contributed by atoms with Crippen molar-refractivity contribution in [1.29, 1.82) is 0 Å². The lowest BCUT2D eigenvalue weighted by atomic mass is 10.1. The largest absolute Gasteiger partial charge is 0.483 e. The number of hydrogen-bond acceptors (Lipinski definition) is 7. The lowest BCUT2D eigenvalue weighted by Crippen LogP contribution is -2.24. The van der Waals surface area contributed by atoms with Crippen molar-refractivity contribution in [1.82, 2.24) is 20.6 Å². The third-order valence-corrected chi connectivity index (χ3v) is 5.33. The smallest absolute Gasteiger partial charge is 0.335 e. The summed E-state index contributed by atoms with van der Waals surface area (Å²) in [4.78, 5) is 24.2. The molecule has 4 rings (SSSR count). The van der Waals surface area contributed by atoms with Gasteiger partial charge >= 0.3 is 5.97 Å². The molecule has 0 fully saturated rings. The molecule has 0 radical (unpaired) electrons. The van der Waals surface area contributed by atoms with Gasteiger partial charge in [-0.1, -0.05) is 49.2 Å². The van der Waals surface area contributed by atoms with E-state index in [9.17, 15) is 14.7 Å². The molecule has 176 valence electrons. The number of nitrogens with one attached hydrogen (secondary N) is 2. The highest BCUT2D eigenvalue weighted by molar-refractivity contribution is 6.04. The van der Waals surface area contributed by atoms with Gasteiger partial charge in [0.15, 0.2) is 17.6 Å². The predicted molar refractivity (Wildman–Crippen MR) is 124 cm³/mol. The number of tetrazole rings is 1. The van der Waals surface area contributed by atoms with Gasteiger partial charge in [0, 0.05) is 6.08 Å². The molecule has 34 heavy (non-hydrogen) atoms. The van der Waals surface area contributed by atoms with Gasteiger partial charge in [-0.2, -0.15) is 5.21 Å². The van der Waals surface area contributed by atoms with E-state index in [-0.39, 0.29) is 35.2 Å². The Morgan fingerprint density at radius 1 is 1.24 bits per heavy atom. The van der Waals surface area contributed by atoms with Crippen LogP contribution >= 0.6 is 0 Å². The number of aromatic nitrogens is 4. The average Bonchev–Trinajstić information content (AvgIpc) is 3.38. The van der Waals surface area contributed by atoms with Gasteiger partial charge in [0.1, 0.15) is 6.61 Å². The van der Waals surface area contributed by atoms with Crippen LogP contribution in [0, 0.1) is 0 Å². The van der Waals surface area contributed by atoms with Gasteiger partial charge in [-0.15, -0.1) is 10.2 Å². The molecule has 1 unspecified atom stereocenters. The standard InChI is InChI=1S/C24H25N5O5/c1-2-3-4-5-15-6-8-16(9-7-15)10-11-21(30)25-18-12-17(24(31)32)13-19-22(18)33-14-20(34-19)23-26-28-29-27-23/h6-13,20H,2-5,14H2,1H3,(H,25,30)(H,31,32)(H,26,27,28,29). The van der Waals surface area contributed by atoms with Gasteiger partial charge < -0.3 is 19.9 Å². The first-order valence-corrected chi connectivity index (χ1v) is 11.1. The Bertz CT molecular complexity index is 1180. The molecule has 0 saturated heterocycles. The first-order valence-electron chi connectivity index (χ1n) is 11.1. The van der Waals surface area contributed by atoms with Crippen LogP contribution in [-0.2, 0) is 11.2 Å². The van der Waals surface area contributed by atoms with E-state index >= 15 is 0 Å². The van der Waals surface area contributed by atoms with E-state index in [4.69, 9.17) is 9.47 Å². The molecule has 1 amide bonds. The predicted octanol–water partition coefficient (Wildman–Crippen LogP) is 3.80. The summed E-state index contributed by atoms with van der Waals surface area (Å²) in [6.07, 6.45) is 7.02. The molecule has 10 heteroatoms. The number of unbranched alkanes of at least 4 members (excludes halogenated alkanes) is 2. The van der Waals surface area contributed by atoms with E-state index in [1.54, 1.807) is 6.08 Å². The molecule has 1 aromatic heterocycles. The SMILES string of the molecule is CCCCCc1ccc(C=CC(=O)Nc2cc(C(=O)O)cc3c2OCC(c2nn[nH]n2)O3)cc1. The quantitative estimate of drug-likeness (QED) is 0.322. The maximum absolute atomic E-state index is 12.6. The number of aromatic carboxylic acids is 1. The number of hydrogen-bond donors (Lipinski definition) is 3. The van der Waals surface area contributed by atoms with Crippen LogP contribution in [0.2, 0.25) is 0 Å². The Morgan fingerprint density at radius 2 is 2.06 bits per heavy atom. The molecule has 2 heterocycles. The van der Waals surface area contributed by atoms with Crippen molar-refractivity contribution in [3.8, 4) is 11.5 Å². The zero-order valence-corrected chi connectivity index (χ0v) is 18.7. The summed E-state index contributed by atoms with van der Waals surface area (Å²) >= 11 is 0. The number of carboxylic acid groups (broad SMARTS) is 1. The number of H-pyrrole nitrogens is 1. The third kappa shape index (κ3) is 5.58. The van der Waals surface area contributed by atoms with E-state index < -0.39 is 18.0 Å². The van der Waals surface area contributed by atoms with E-state index in [2.05, 4.69) is 45.0 Å². The molecule has 1 atom stereocenters. The number of amides is 1. The van der Waals surface area contributed by atoms with Crippen molar-refractivity contribution in [2.75, 3.05) is 11.9 Å². The number of benzene rings is 2. The molecule has 0 saturated carbocycles.